The molecule has 0 bridgehead atoms. The van der Waals surface area contributed by atoms with Gasteiger partial charge in [0.1, 0.15) is 0 Å². The molecule has 1 heterocycles. The number of halogens is 1. The van der Waals surface area contributed by atoms with Crippen LogP contribution >= 0.6 is 12.4 Å². The van der Waals surface area contributed by atoms with E-state index in [4.69, 9.17) is 5.73 Å². The van der Waals surface area contributed by atoms with E-state index in [9.17, 15) is 4.79 Å². The van der Waals surface area contributed by atoms with Crippen LogP contribution in [0, 0.1) is 6.92 Å². The zero-order chi connectivity index (χ0) is 18.1. The van der Waals surface area contributed by atoms with Gasteiger partial charge < -0.3 is 11.1 Å². The summed E-state index contributed by atoms with van der Waals surface area (Å²) in [7, 11) is 0. The van der Waals surface area contributed by atoms with Crippen molar-refractivity contribution in [3.05, 3.63) is 47.3 Å². The predicted octanol–water partition coefficient (Wildman–Crippen LogP) is 3.37. The molecule has 2 aromatic rings. The molecule has 0 aliphatic heterocycles. The van der Waals surface area contributed by atoms with Gasteiger partial charge in [-0.3, -0.25) is 4.79 Å². The number of hydrogen-bond acceptors (Lipinski definition) is 3. The zero-order valence-electron chi connectivity index (χ0n) is 15.9. The number of hydrogen-bond donors (Lipinski definition) is 2. The summed E-state index contributed by atoms with van der Waals surface area (Å²) in [5, 5.41) is 7.58. The molecule has 1 aromatic carbocycles. The maximum Gasteiger partial charge on any atom is 0.254 e. The van der Waals surface area contributed by atoms with Gasteiger partial charge >= 0.3 is 0 Å². The molecule has 0 fully saturated rings. The summed E-state index contributed by atoms with van der Waals surface area (Å²) in [6.45, 7) is 12.4. The molecule has 0 saturated carbocycles. The normalized spacial score (nSPS) is 11.8. The van der Waals surface area contributed by atoms with Gasteiger partial charge in [0.05, 0.1) is 16.9 Å². The lowest BCUT2D eigenvalue weighted by Gasteiger charge is -2.20. The predicted molar refractivity (Wildman–Crippen MR) is 105 cm³/mol. The minimum absolute atomic E-state index is 0. The molecular weight excluding hydrogens is 336 g/mol. The second-order valence-electron chi connectivity index (χ2n) is 8.09. The van der Waals surface area contributed by atoms with E-state index in [-0.39, 0.29) is 23.7 Å². The summed E-state index contributed by atoms with van der Waals surface area (Å²) in [5.74, 6) is -0.142. The third kappa shape index (κ3) is 5.58. The van der Waals surface area contributed by atoms with Crippen molar-refractivity contribution < 1.29 is 4.79 Å². The zero-order valence-corrected chi connectivity index (χ0v) is 16.7. The number of nitrogens with two attached hydrogens (primary N) is 1. The molecule has 0 radical (unpaired) electrons. The summed E-state index contributed by atoms with van der Waals surface area (Å²) in [4.78, 5) is 12.6. The monoisotopic (exact) mass is 364 g/mol. The number of aromatic nitrogens is 2. The van der Waals surface area contributed by atoms with Gasteiger partial charge in [-0.2, -0.15) is 5.10 Å². The Labute approximate surface area is 156 Å². The first-order valence-electron chi connectivity index (χ1n) is 8.22. The van der Waals surface area contributed by atoms with E-state index in [0.29, 0.717) is 12.1 Å². The highest BCUT2D eigenvalue weighted by Crippen LogP contribution is 2.25. The van der Waals surface area contributed by atoms with Crippen molar-refractivity contribution >= 4 is 18.3 Å². The molecular formula is C19H29ClN4O. The fraction of sp³-hybridized carbons (Fsp3) is 0.474. The van der Waals surface area contributed by atoms with Crippen LogP contribution in [-0.4, -0.2) is 27.8 Å². The molecule has 0 atom stereocenters. The lowest BCUT2D eigenvalue weighted by Crippen LogP contribution is -2.45. The van der Waals surface area contributed by atoms with E-state index < -0.39 is 5.54 Å². The standard InChI is InChI=1S/C19H28N4O.ClH/c1-13-7-9-14(10-8-13)23-11-15(16(22-23)18(2,3)4)17(24)21-12-19(5,6)20;/h7-11H,12,20H2,1-6H3,(H,21,24);1H. The fourth-order valence-corrected chi connectivity index (χ4v) is 2.33. The van der Waals surface area contributed by atoms with Crippen LogP contribution in [0.3, 0.4) is 0 Å². The highest BCUT2D eigenvalue weighted by atomic mass is 35.5. The largest absolute Gasteiger partial charge is 0.350 e. The van der Waals surface area contributed by atoms with E-state index in [1.807, 2.05) is 45.0 Å². The van der Waals surface area contributed by atoms with Crippen LogP contribution < -0.4 is 11.1 Å². The van der Waals surface area contributed by atoms with Crippen molar-refractivity contribution in [2.24, 2.45) is 5.73 Å². The van der Waals surface area contributed by atoms with Crippen molar-refractivity contribution in [1.82, 2.24) is 15.1 Å². The Bertz CT molecular complexity index is 721. The Hall–Kier alpha value is -1.85. The number of carbonyl (C=O) groups excluding carboxylic acids is 1. The number of nitrogens with zero attached hydrogens (tertiary/aromatic N) is 2. The fourth-order valence-electron chi connectivity index (χ4n) is 2.33. The Morgan fingerprint density at radius 2 is 1.72 bits per heavy atom. The highest BCUT2D eigenvalue weighted by Gasteiger charge is 2.27. The Balaban J connectivity index is 0.00000312. The first kappa shape index (κ1) is 21.2. The van der Waals surface area contributed by atoms with Gasteiger partial charge in [-0.1, -0.05) is 38.5 Å². The Kier molecular flexibility index (Phi) is 6.43. The van der Waals surface area contributed by atoms with Gasteiger partial charge in [-0.15, -0.1) is 12.4 Å². The molecule has 6 heteroatoms. The van der Waals surface area contributed by atoms with Crippen LogP contribution in [-0.2, 0) is 5.41 Å². The smallest absolute Gasteiger partial charge is 0.254 e. The van der Waals surface area contributed by atoms with Crippen LogP contribution in [0.2, 0.25) is 0 Å². The average molecular weight is 365 g/mol. The lowest BCUT2D eigenvalue weighted by molar-refractivity contribution is 0.0944. The van der Waals surface area contributed by atoms with Gasteiger partial charge in [0, 0.05) is 23.7 Å². The van der Waals surface area contributed by atoms with Crippen LogP contribution in [0.25, 0.3) is 5.69 Å². The molecule has 0 unspecified atom stereocenters. The first-order valence-corrected chi connectivity index (χ1v) is 8.22. The minimum Gasteiger partial charge on any atom is -0.350 e. The quantitative estimate of drug-likeness (QED) is 0.873. The molecule has 0 spiro atoms. The number of amides is 1. The molecule has 25 heavy (non-hydrogen) atoms. The average Bonchev–Trinajstić information content (AvgIpc) is 2.90. The molecule has 138 valence electrons. The van der Waals surface area contributed by atoms with E-state index in [2.05, 4.69) is 31.2 Å². The molecule has 2 rings (SSSR count). The minimum atomic E-state index is -0.454. The van der Waals surface area contributed by atoms with E-state index in [0.717, 1.165) is 11.4 Å². The molecule has 3 N–H and O–H groups in total. The van der Waals surface area contributed by atoms with Gasteiger partial charge in [0.15, 0.2) is 0 Å². The second-order valence-corrected chi connectivity index (χ2v) is 8.09. The number of nitrogens with one attached hydrogen (secondary N) is 1. The van der Waals surface area contributed by atoms with Crippen molar-refractivity contribution in [3.63, 3.8) is 0 Å². The van der Waals surface area contributed by atoms with Gasteiger partial charge in [-0.25, -0.2) is 4.68 Å². The van der Waals surface area contributed by atoms with E-state index in [1.54, 1.807) is 10.9 Å². The van der Waals surface area contributed by atoms with Crippen molar-refractivity contribution in [1.29, 1.82) is 0 Å². The molecule has 0 aliphatic rings. The number of rotatable bonds is 4. The molecule has 1 amide bonds. The van der Waals surface area contributed by atoms with Crippen LogP contribution in [0.1, 0.15) is 56.2 Å². The molecule has 5 nitrogen and oxygen atoms in total. The maximum atomic E-state index is 12.6. The van der Waals surface area contributed by atoms with Crippen molar-refractivity contribution in [2.75, 3.05) is 6.54 Å². The number of benzene rings is 1. The van der Waals surface area contributed by atoms with E-state index in [1.165, 1.54) is 5.56 Å². The summed E-state index contributed by atoms with van der Waals surface area (Å²) in [6, 6.07) is 8.06. The van der Waals surface area contributed by atoms with Crippen molar-refractivity contribution in [2.45, 2.75) is 52.5 Å². The maximum absolute atomic E-state index is 12.6. The van der Waals surface area contributed by atoms with Crippen LogP contribution in [0.15, 0.2) is 30.5 Å². The highest BCUT2D eigenvalue weighted by molar-refractivity contribution is 5.95. The summed E-state index contributed by atoms with van der Waals surface area (Å²) >= 11 is 0. The molecule has 1 aromatic heterocycles. The SMILES string of the molecule is Cc1ccc(-n2cc(C(=O)NCC(C)(C)N)c(C(C)(C)C)n2)cc1.Cl. The number of aryl methyl sites for hydroxylation is 1. The summed E-state index contributed by atoms with van der Waals surface area (Å²) < 4.78 is 1.77. The topological polar surface area (TPSA) is 72.9 Å². The van der Waals surface area contributed by atoms with E-state index >= 15 is 0 Å². The van der Waals surface area contributed by atoms with Gasteiger partial charge in [0.2, 0.25) is 0 Å². The third-order valence-electron chi connectivity index (χ3n) is 3.67. The second kappa shape index (κ2) is 7.58. The Morgan fingerprint density at radius 3 is 2.20 bits per heavy atom. The van der Waals surface area contributed by atoms with Gasteiger partial charge in [0.25, 0.3) is 5.91 Å². The number of carbonyl (C=O) groups is 1. The first-order chi connectivity index (χ1) is 11.0. The lowest BCUT2D eigenvalue weighted by atomic mass is 9.89. The van der Waals surface area contributed by atoms with Crippen LogP contribution in [0.4, 0.5) is 0 Å². The summed E-state index contributed by atoms with van der Waals surface area (Å²) in [5.41, 5.74) is 8.75. The molecule has 0 aliphatic carbocycles. The van der Waals surface area contributed by atoms with Crippen molar-refractivity contribution in [3.8, 4) is 5.69 Å². The Morgan fingerprint density at radius 1 is 1.16 bits per heavy atom. The summed E-state index contributed by atoms with van der Waals surface area (Å²) in [6.07, 6.45) is 1.80. The third-order valence-corrected chi connectivity index (χ3v) is 3.67. The van der Waals surface area contributed by atoms with Crippen LogP contribution in [0.5, 0.6) is 0 Å². The molecule has 0 saturated heterocycles. The van der Waals surface area contributed by atoms with Gasteiger partial charge in [-0.05, 0) is 32.9 Å².